The maximum Gasteiger partial charge on any atom is 0.151 e. The number of hydrogen-bond donors (Lipinski definition) is 1. The Balaban J connectivity index is 2.41. The predicted molar refractivity (Wildman–Crippen MR) is 74.5 cm³/mol. The van der Waals surface area contributed by atoms with E-state index < -0.39 is 9.84 Å². The Morgan fingerprint density at radius 1 is 1.33 bits per heavy atom. The fraction of sp³-hybridized carbons (Fsp3) is 1.00. The summed E-state index contributed by atoms with van der Waals surface area (Å²) in [6.45, 7) is 9.41. The van der Waals surface area contributed by atoms with Crippen LogP contribution in [0.2, 0.25) is 0 Å². The lowest BCUT2D eigenvalue weighted by molar-refractivity contribution is -0.125. The highest BCUT2D eigenvalue weighted by Crippen LogP contribution is 2.45. The summed E-state index contributed by atoms with van der Waals surface area (Å²) in [6.07, 6.45) is 2.35. The molecule has 0 spiro atoms. The number of nitrogens with one attached hydrogen (secondary N) is 1. The molecule has 0 aromatic heterocycles. The zero-order valence-electron chi connectivity index (χ0n) is 12.0. The van der Waals surface area contributed by atoms with Crippen molar-refractivity contribution in [1.29, 1.82) is 0 Å². The molecular weight excluding hydrogens is 250 g/mol. The van der Waals surface area contributed by atoms with Gasteiger partial charge < -0.3 is 10.1 Å². The van der Waals surface area contributed by atoms with Gasteiger partial charge in [0.05, 0.1) is 11.9 Å². The maximum atomic E-state index is 11.4. The van der Waals surface area contributed by atoms with E-state index in [0.29, 0.717) is 18.7 Å². The molecule has 3 unspecified atom stereocenters. The van der Waals surface area contributed by atoms with Crippen LogP contribution in [0.25, 0.3) is 0 Å². The van der Waals surface area contributed by atoms with Gasteiger partial charge in [0.15, 0.2) is 9.84 Å². The highest BCUT2D eigenvalue weighted by molar-refractivity contribution is 7.91. The van der Waals surface area contributed by atoms with Crippen molar-refractivity contribution >= 4 is 9.84 Å². The number of ether oxygens (including phenoxy) is 1. The average molecular weight is 277 g/mol. The third kappa shape index (κ3) is 3.45. The molecule has 3 atom stereocenters. The first-order valence-electron chi connectivity index (χ1n) is 6.95. The molecule has 1 aliphatic carbocycles. The summed E-state index contributed by atoms with van der Waals surface area (Å²) in [5.74, 6) is 0.463. The van der Waals surface area contributed by atoms with Gasteiger partial charge in [0.1, 0.15) is 0 Å². The Bertz CT molecular complexity index is 355. The Hall–Kier alpha value is -0.130. The van der Waals surface area contributed by atoms with Gasteiger partial charge in [-0.25, -0.2) is 8.42 Å². The molecule has 1 rings (SSSR count). The smallest absolute Gasteiger partial charge is 0.151 e. The van der Waals surface area contributed by atoms with Crippen molar-refractivity contribution in [3.63, 3.8) is 0 Å². The lowest BCUT2D eigenvalue weighted by atomic mass is 9.61. The molecule has 5 heteroatoms. The molecule has 0 aromatic rings. The van der Waals surface area contributed by atoms with Crippen LogP contribution >= 0.6 is 0 Å². The normalized spacial score (nSPS) is 32.2. The Morgan fingerprint density at radius 3 is 2.50 bits per heavy atom. The van der Waals surface area contributed by atoms with Crippen molar-refractivity contribution in [3.8, 4) is 0 Å². The monoisotopic (exact) mass is 277 g/mol. The van der Waals surface area contributed by atoms with Crippen molar-refractivity contribution in [2.24, 2.45) is 5.41 Å². The van der Waals surface area contributed by atoms with Crippen LogP contribution < -0.4 is 5.32 Å². The first-order valence-corrected chi connectivity index (χ1v) is 8.77. The average Bonchev–Trinajstić information content (AvgIpc) is 2.35. The molecule has 108 valence electrons. The van der Waals surface area contributed by atoms with E-state index in [1.165, 1.54) is 0 Å². The van der Waals surface area contributed by atoms with Gasteiger partial charge in [-0.2, -0.15) is 0 Å². The summed E-state index contributed by atoms with van der Waals surface area (Å²) in [4.78, 5) is 0. The molecule has 1 aliphatic rings. The second kappa shape index (κ2) is 6.35. The van der Waals surface area contributed by atoms with Crippen molar-refractivity contribution in [1.82, 2.24) is 5.32 Å². The van der Waals surface area contributed by atoms with E-state index in [-0.39, 0.29) is 16.9 Å². The fourth-order valence-electron chi connectivity index (χ4n) is 2.60. The third-order valence-corrected chi connectivity index (χ3v) is 6.06. The SMILES string of the molecule is CCOC1CC(NCCS(=O)(=O)CC)C1(C)CC. The number of hydrogen-bond acceptors (Lipinski definition) is 4. The molecule has 0 amide bonds. The molecular formula is C13H27NO3S. The quantitative estimate of drug-likeness (QED) is 0.732. The standard InChI is InChI=1S/C13H27NO3S/c1-5-13(4)11(10-12(13)17-6-2)14-8-9-18(15,16)7-3/h11-12,14H,5-10H2,1-4H3. The Labute approximate surface area is 111 Å². The fourth-order valence-corrected chi connectivity index (χ4v) is 3.32. The molecule has 4 nitrogen and oxygen atoms in total. The molecule has 1 N–H and O–H groups in total. The van der Waals surface area contributed by atoms with E-state index in [4.69, 9.17) is 4.74 Å². The van der Waals surface area contributed by atoms with Crippen LogP contribution in [0.5, 0.6) is 0 Å². The van der Waals surface area contributed by atoms with Crippen molar-refractivity contribution in [2.75, 3.05) is 24.7 Å². The lowest BCUT2D eigenvalue weighted by Gasteiger charge is -2.53. The summed E-state index contributed by atoms with van der Waals surface area (Å²) in [5.41, 5.74) is 0.145. The van der Waals surface area contributed by atoms with Gasteiger partial charge in [-0.3, -0.25) is 0 Å². The largest absolute Gasteiger partial charge is 0.378 e. The van der Waals surface area contributed by atoms with Gasteiger partial charge in [-0.15, -0.1) is 0 Å². The van der Waals surface area contributed by atoms with Crippen LogP contribution in [-0.2, 0) is 14.6 Å². The van der Waals surface area contributed by atoms with Crippen molar-refractivity contribution < 1.29 is 13.2 Å². The number of rotatable bonds is 8. The third-order valence-electron chi connectivity index (χ3n) is 4.35. The Kier molecular flexibility index (Phi) is 5.62. The molecule has 18 heavy (non-hydrogen) atoms. The van der Waals surface area contributed by atoms with E-state index in [2.05, 4.69) is 19.2 Å². The van der Waals surface area contributed by atoms with E-state index in [1.54, 1.807) is 6.92 Å². The second-order valence-corrected chi connectivity index (χ2v) is 7.75. The van der Waals surface area contributed by atoms with Gasteiger partial charge in [-0.1, -0.05) is 20.8 Å². The van der Waals surface area contributed by atoms with Gasteiger partial charge in [0.2, 0.25) is 0 Å². The van der Waals surface area contributed by atoms with Crippen molar-refractivity contribution in [3.05, 3.63) is 0 Å². The molecule has 1 saturated carbocycles. The van der Waals surface area contributed by atoms with E-state index >= 15 is 0 Å². The molecule has 1 fully saturated rings. The molecule has 0 bridgehead atoms. The molecule has 0 aromatic carbocycles. The summed E-state index contributed by atoms with van der Waals surface area (Å²) in [5, 5.41) is 3.38. The van der Waals surface area contributed by atoms with Gasteiger partial charge >= 0.3 is 0 Å². The lowest BCUT2D eigenvalue weighted by Crippen LogP contribution is -2.62. The first kappa shape index (κ1) is 15.9. The van der Waals surface area contributed by atoms with Gasteiger partial charge in [0.25, 0.3) is 0 Å². The highest BCUT2D eigenvalue weighted by Gasteiger charge is 2.50. The molecule has 0 aliphatic heterocycles. The van der Waals surface area contributed by atoms with Crippen LogP contribution in [0.4, 0.5) is 0 Å². The van der Waals surface area contributed by atoms with Crippen LogP contribution in [0, 0.1) is 5.41 Å². The summed E-state index contributed by atoms with van der Waals surface area (Å²) in [6, 6.07) is 0.381. The summed E-state index contributed by atoms with van der Waals surface area (Å²) < 4.78 is 28.6. The van der Waals surface area contributed by atoms with Crippen LogP contribution in [-0.4, -0.2) is 45.2 Å². The zero-order chi connectivity index (χ0) is 13.8. The van der Waals surface area contributed by atoms with Crippen LogP contribution in [0.3, 0.4) is 0 Å². The minimum atomic E-state index is -2.86. The minimum Gasteiger partial charge on any atom is -0.378 e. The predicted octanol–water partition coefficient (Wildman–Crippen LogP) is 1.60. The maximum absolute atomic E-state index is 11.4. The highest BCUT2D eigenvalue weighted by atomic mass is 32.2. The van der Waals surface area contributed by atoms with Gasteiger partial charge in [0, 0.05) is 30.4 Å². The van der Waals surface area contributed by atoms with Crippen LogP contribution in [0.15, 0.2) is 0 Å². The first-order chi connectivity index (χ1) is 8.39. The topological polar surface area (TPSA) is 55.4 Å². The minimum absolute atomic E-state index is 0.145. The van der Waals surface area contributed by atoms with Crippen LogP contribution in [0.1, 0.15) is 40.5 Å². The second-order valence-electron chi connectivity index (χ2n) is 5.28. The van der Waals surface area contributed by atoms with E-state index in [1.807, 2.05) is 6.92 Å². The Morgan fingerprint density at radius 2 is 2.00 bits per heavy atom. The van der Waals surface area contributed by atoms with Crippen molar-refractivity contribution in [2.45, 2.75) is 52.7 Å². The summed E-state index contributed by atoms with van der Waals surface area (Å²) >= 11 is 0. The summed E-state index contributed by atoms with van der Waals surface area (Å²) in [7, 11) is -2.86. The zero-order valence-corrected chi connectivity index (χ0v) is 12.8. The van der Waals surface area contributed by atoms with E-state index in [9.17, 15) is 8.42 Å². The molecule has 0 saturated heterocycles. The van der Waals surface area contributed by atoms with Gasteiger partial charge in [-0.05, 0) is 19.8 Å². The van der Waals surface area contributed by atoms with E-state index in [0.717, 1.165) is 19.4 Å². The molecule has 0 heterocycles. The molecule has 0 radical (unpaired) electrons. The number of sulfone groups is 1.